The van der Waals surface area contributed by atoms with Crippen molar-refractivity contribution in [1.82, 2.24) is 0 Å². The highest BCUT2D eigenvalue weighted by Crippen LogP contribution is 2.45. The van der Waals surface area contributed by atoms with Crippen LogP contribution in [0.4, 0.5) is 0 Å². The van der Waals surface area contributed by atoms with Gasteiger partial charge in [-0.1, -0.05) is 127 Å². The maximum atomic E-state index is 3.55. The average Bonchev–Trinajstić information content (AvgIpc) is 3.07. The van der Waals surface area contributed by atoms with E-state index in [1.807, 2.05) is 0 Å². The third-order valence-corrected chi connectivity index (χ3v) is 13.3. The molecule has 4 aliphatic carbocycles. The molecule has 0 radical (unpaired) electrons. The van der Waals surface area contributed by atoms with Crippen LogP contribution in [-0.4, -0.2) is 0 Å². The Hall–Kier alpha value is -0.860. The lowest BCUT2D eigenvalue weighted by atomic mass is 9.68. The molecule has 0 bridgehead atoms. The second-order valence-electron chi connectivity index (χ2n) is 15.1. The zero-order valence-corrected chi connectivity index (χ0v) is 31.1. The van der Waals surface area contributed by atoms with E-state index in [2.05, 4.69) is 100 Å². The molecule has 242 valence electrons. The van der Waals surface area contributed by atoms with Crippen molar-refractivity contribution in [2.45, 2.75) is 142 Å². The Kier molecular flexibility index (Phi) is 14.0. The number of hydrogen-bond acceptors (Lipinski definition) is 0. The van der Waals surface area contributed by atoms with E-state index in [9.17, 15) is 0 Å². The molecule has 0 nitrogen and oxygen atoms in total. The van der Waals surface area contributed by atoms with Gasteiger partial charge in [-0.15, -0.1) is 0 Å². The summed E-state index contributed by atoms with van der Waals surface area (Å²) < 4.78 is 2.38. The van der Waals surface area contributed by atoms with Gasteiger partial charge >= 0.3 is 0 Å². The molecule has 3 fully saturated rings. The van der Waals surface area contributed by atoms with Crippen LogP contribution in [0.2, 0.25) is 0 Å². The fourth-order valence-corrected chi connectivity index (χ4v) is 10.1. The van der Waals surface area contributed by atoms with Crippen molar-refractivity contribution in [3.05, 3.63) is 74.7 Å². The molecule has 0 amide bonds. The van der Waals surface area contributed by atoms with Gasteiger partial charge in [-0.3, -0.25) is 0 Å². The first-order valence-corrected chi connectivity index (χ1v) is 20.3. The molecular formula is C42H60Br2. The van der Waals surface area contributed by atoms with E-state index in [1.165, 1.54) is 137 Å². The molecule has 1 unspecified atom stereocenters. The van der Waals surface area contributed by atoms with E-state index in [1.54, 1.807) is 11.1 Å². The third kappa shape index (κ3) is 10.1. The van der Waals surface area contributed by atoms with Crippen molar-refractivity contribution in [3.63, 3.8) is 0 Å². The van der Waals surface area contributed by atoms with E-state index in [4.69, 9.17) is 0 Å². The normalized spacial score (nSPS) is 31.0. The quantitative estimate of drug-likeness (QED) is 0.254. The van der Waals surface area contributed by atoms with Crippen LogP contribution in [-0.2, 0) is 0 Å². The van der Waals surface area contributed by atoms with Crippen LogP contribution >= 0.6 is 31.9 Å². The minimum absolute atomic E-state index is 0.820. The molecule has 44 heavy (non-hydrogen) atoms. The minimum Gasteiger partial charge on any atom is -0.0804 e. The molecule has 0 spiro atoms. The van der Waals surface area contributed by atoms with E-state index < -0.39 is 0 Å². The molecule has 3 saturated carbocycles. The second kappa shape index (κ2) is 17.9. The van der Waals surface area contributed by atoms with Crippen molar-refractivity contribution >= 4 is 37.4 Å². The zero-order chi connectivity index (χ0) is 30.7. The van der Waals surface area contributed by atoms with Gasteiger partial charge in [0.25, 0.3) is 0 Å². The van der Waals surface area contributed by atoms with E-state index >= 15 is 0 Å². The topological polar surface area (TPSA) is 0 Å². The van der Waals surface area contributed by atoms with Crippen LogP contribution < -0.4 is 0 Å². The van der Waals surface area contributed by atoms with Gasteiger partial charge in [-0.2, -0.15) is 0 Å². The SMILES string of the molecule is CCCC1CCC(C2CC=C(c3ccc(Br)cc3)CC2)CC1.CCCC1CCC(C2CCC(c3ccc(Br)cc3)CC2)CC1. The molecule has 6 rings (SSSR count). The van der Waals surface area contributed by atoms with Gasteiger partial charge in [0, 0.05) is 8.95 Å². The standard InChI is InChI=1S/C21H31Br.C21H29Br/c2*1-2-3-16-4-6-17(7-5-16)18-8-10-19(11-9-18)20-12-14-21(22)15-13-20/h12-19H,2-11H2,1H3;10,12-18H,2-9,11H2,1H3. The van der Waals surface area contributed by atoms with Gasteiger partial charge in [0.15, 0.2) is 0 Å². The summed E-state index contributed by atoms with van der Waals surface area (Å²) >= 11 is 7.07. The van der Waals surface area contributed by atoms with Crippen molar-refractivity contribution in [2.75, 3.05) is 0 Å². The van der Waals surface area contributed by atoms with Gasteiger partial charge in [0.1, 0.15) is 0 Å². The van der Waals surface area contributed by atoms with Gasteiger partial charge in [-0.05, 0) is 153 Å². The number of halogens is 2. The summed E-state index contributed by atoms with van der Waals surface area (Å²) in [5, 5.41) is 0. The number of rotatable bonds is 8. The van der Waals surface area contributed by atoms with E-state index in [0.29, 0.717) is 0 Å². The lowest BCUT2D eigenvalue weighted by Crippen LogP contribution is -2.25. The molecule has 0 saturated heterocycles. The summed E-state index contributed by atoms with van der Waals surface area (Å²) in [4.78, 5) is 0. The molecule has 1 atom stereocenters. The Balaban J connectivity index is 0.000000175. The van der Waals surface area contributed by atoms with Crippen molar-refractivity contribution in [2.24, 2.45) is 35.5 Å². The maximum absolute atomic E-state index is 3.55. The van der Waals surface area contributed by atoms with Crippen LogP contribution in [0.5, 0.6) is 0 Å². The lowest BCUT2D eigenvalue weighted by Gasteiger charge is -2.38. The van der Waals surface area contributed by atoms with Crippen LogP contribution in [0.3, 0.4) is 0 Å². The summed E-state index contributed by atoms with van der Waals surface area (Å²) in [5.74, 6) is 6.98. The first kappa shape index (κ1) is 34.5. The zero-order valence-electron chi connectivity index (χ0n) is 27.9. The van der Waals surface area contributed by atoms with E-state index in [0.717, 1.165) is 41.4 Å². The summed E-state index contributed by atoms with van der Waals surface area (Å²) in [5.41, 5.74) is 4.56. The first-order chi connectivity index (χ1) is 21.5. The fourth-order valence-electron chi connectivity index (χ4n) is 9.58. The van der Waals surface area contributed by atoms with Crippen molar-refractivity contribution < 1.29 is 0 Å². The fraction of sp³-hybridized carbons (Fsp3) is 0.667. The molecule has 2 aromatic rings. The first-order valence-electron chi connectivity index (χ1n) is 18.7. The molecular weight excluding hydrogens is 664 g/mol. The summed E-state index contributed by atoms with van der Waals surface area (Å²) in [7, 11) is 0. The Morgan fingerprint density at radius 3 is 1.43 bits per heavy atom. The Bertz CT molecular complexity index is 1110. The molecule has 2 aromatic carbocycles. The highest BCUT2D eigenvalue weighted by Gasteiger charge is 2.31. The van der Waals surface area contributed by atoms with Crippen molar-refractivity contribution in [3.8, 4) is 0 Å². The third-order valence-electron chi connectivity index (χ3n) is 12.3. The van der Waals surface area contributed by atoms with Crippen LogP contribution in [0.25, 0.3) is 5.57 Å². The average molecular weight is 725 g/mol. The Morgan fingerprint density at radius 1 is 0.523 bits per heavy atom. The van der Waals surface area contributed by atoms with Crippen LogP contribution in [0, 0.1) is 35.5 Å². The maximum Gasteiger partial charge on any atom is 0.0175 e. The molecule has 0 heterocycles. The molecule has 2 heteroatoms. The predicted molar refractivity (Wildman–Crippen MR) is 199 cm³/mol. The summed E-state index contributed by atoms with van der Waals surface area (Å²) in [6.45, 7) is 4.68. The predicted octanol–water partition coefficient (Wildman–Crippen LogP) is 14.6. The molecule has 4 aliphatic rings. The number of allylic oxidation sites excluding steroid dienone is 2. The Labute approximate surface area is 287 Å². The number of hydrogen-bond donors (Lipinski definition) is 0. The number of benzene rings is 2. The van der Waals surface area contributed by atoms with E-state index in [-0.39, 0.29) is 0 Å². The molecule has 0 aromatic heterocycles. The van der Waals surface area contributed by atoms with Gasteiger partial charge in [0.2, 0.25) is 0 Å². The highest BCUT2D eigenvalue weighted by atomic mass is 79.9. The highest BCUT2D eigenvalue weighted by molar-refractivity contribution is 9.10. The molecule has 0 N–H and O–H groups in total. The minimum atomic E-state index is 0.820. The van der Waals surface area contributed by atoms with Crippen LogP contribution in [0.1, 0.15) is 153 Å². The Morgan fingerprint density at radius 2 is 0.977 bits per heavy atom. The summed E-state index contributed by atoms with van der Waals surface area (Å²) in [6, 6.07) is 17.9. The van der Waals surface area contributed by atoms with Crippen molar-refractivity contribution in [1.29, 1.82) is 0 Å². The van der Waals surface area contributed by atoms with Gasteiger partial charge in [-0.25, -0.2) is 0 Å². The summed E-state index contributed by atoms with van der Waals surface area (Å²) in [6.07, 6.45) is 30.1. The second-order valence-corrected chi connectivity index (χ2v) is 16.9. The van der Waals surface area contributed by atoms with Gasteiger partial charge in [0.05, 0.1) is 0 Å². The van der Waals surface area contributed by atoms with Gasteiger partial charge < -0.3 is 0 Å². The van der Waals surface area contributed by atoms with Crippen LogP contribution in [0.15, 0.2) is 63.6 Å². The largest absolute Gasteiger partial charge is 0.0804 e. The lowest BCUT2D eigenvalue weighted by molar-refractivity contribution is 0.156. The molecule has 0 aliphatic heterocycles. The monoisotopic (exact) mass is 722 g/mol. The smallest absolute Gasteiger partial charge is 0.0175 e.